The van der Waals surface area contributed by atoms with E-state index in [1.165, 1.54) is 0 Å². The summed E-state index contributed by atoms with van der Waals surface area (Å²) >= 11 is 0. The molecule has 0 saturated heterocycles. The van der Waals surface area contributed by atoms with Crippen molar-refractivity contribution >= 4 is 17.3 Å². The van der Waals surface area contributed by atoms with Crippen molar-refractivity contribution in [1.29, 1.82) is 0 Å². The second-order valence-electron chi connectivity index (χ2n) is 6.00. The number of nitrogens with two attached hydrogens (primary N) is 1. The molecule has 0 heterocycles. The molecule has 0 atom stereocenters. The maximum atomic E-state index is 12.2. The highest BCUT2D eigenvalue weighted by molar-refractivity contribution is 5.96. The minimum atomic E-state index is -0.0136. The predicted octanol–water partition coefficient (Wildman–Crippen LogP) is 2.88. The van der Waals surface area contributed by atoms with Gasteiger partial charge in [0.15, 0.2) is 0 Å². The summed E-state index contributed by atoms with van der Waals surface area (Å²) in [5, 5.41) is 2.93. The van der Waals surface area contributed by atoms with Gasteiger partial charge >= 0.3 is 0 Å². The Morgan fingerprint density at radius 2 is 1.95 bits per heavy atom. The third-order valence-electron chi connectivity index (χ3n) is 3.25. The van der Waals surface area contributed by atoms with E-state index >= 15 is 0 Å². The van der Waals surface area contributed by atoms with E-state index in [2.05, 4.69) is 37.9 Å². The molecule has 0 aliphatic carbocycles. The van der Waals surface area contributed by atoms with Crippen molar-refractivity contribution in [3.8, 4) is 0 Å². The van der Waals surface area contributed by atoms with E-state index in [4.69, 9.17) is 5.73 Å². The standard InChI is InChI=1S/C16H27N3O/c1-11(2)9-19(12(3)4)10-15(20)18-16-13(5)7-6-8-14(16)17/h6-8,11-12H,9-10,17H2,1-5H3,(H,18,20). The van der Waals surface area contributed by atoms with Crippen LogP contribution in [0, 0.1) is 12.8 Å². The number of nitrogen functional groups attached to an aromatic ring is 1. The zero-order valence-corrected chi connectivity index (χ0v) is 13.2. The SMILES string of the molecule is Cc1cccc(N)c1NC(=O)CN(CC(C)C)C(C)C. The van der Waals surface area contributed by atoms with Crippen LogP contribution in [0.5, 0.6) is 0 Å². The number of amides is 1. The lowest BCUT2D eigenvalue weighted by molar-refractivity contribution is -0.117. The monoisotopic (exact) mass is 277 g/mol. The quantitative estimate of drug-likeness (QED) is 0.786. The summed E-state index contributed by atoms with van der Waals surface area (Å²) in [6.07, 6.45) is 0. The van der Waals surface area contributed by atoms with Gasteiger partial charge in [-0.05, 0) is 38.3 Å². The molecule has 0 fully saturated rings. The Hall–Kier alpha value is -1.55. The van der Waals surface area contributed by atoms with Crippen LogP contribution >= 0.6 is 0 Å². The molecule has 0 bridgehead atoms. The van der Waals surface area contributed by atoms with Crippen LogP contribution in [0.15, 0.2) is 18.2 Å². The lowest BCUT2D eigenvalue weighted by atomic mass is 10.1. The summed E-state index contributed by atoms with van der Waals surface area (Å²) in [6.45, 7) is 11.8. The van der Waals surface area contributed by atoms with Gasteiger partial charge in [0.05, 0.1) is 17.9 Å². The Balaban J connectivity index is 2.71. The highest BCUT2D eigenvalue weighted by Gasteiger charge is 2.16. The lowest BCUT2D eigenvalue weighted by Crippen LogP contribution is -2.40. The first-order chi connectivity index (χ1) is 9.31. The third kappa shape index (κ3) is 4.85. The largest absolute Gasteiger partial charge is 0.397 e. The molecule has 20 heavy (non-hydrogen) atoms. The Morgan fingerprint density at radius 1 is 1.30 bits per heavy atom. The van der Waals surface area contributed by atoms with Gasteiger partial charge in [0, 0.05) is 12.6 Å². The van der Waals surface area contributed by atoms with Gasteiger partial charge in [-0.3, -0.25) is 9.69 Å². The minimum absolute atomic E-state index is 0.0136. The van der Waals surface area contributed by atoms with E-state index in [0.29, 0.717) is 24.2 Å². The smallest absolute Gasteiger partial charge is 0.238 e. The van der Waals surface area contributed by atoms with E-state index in [1.807, 2.05) is 19.1 Å². The van der Waals surface area contributed by atoms with Crippen molar-refractivity contribution in [2.24, 2.45) is 5.92 Å². The van der Waals surface area contributed by atoms with Gasteiger partial charge in [-0.25, -0.2) is 0 Å². The fraction of sp³-hybridized carbons (Fsp3) is 0.562. The lowest BCUT2D eigenvalue weighted by Gasteiger charge is -2.27. The summed E-state index contributed by atoms with van der Waals surface area (Å²) in [5.41, 5.74) is 8.23. The number of hydrogen-bond acceptors (Lipinski definition) is 3. The molecule has 0 aliphatic heterocycles. The number of nitrogens with zero attached hydrogens (tertiary/aromatic N) is 1. The van der Waals surface area contributed by atoms with E-state index < -0.39 is 0 Å². The maximum absolute atomic E-state index is 12.2. The Morgan fingerprint density at radius 3 is 2.45 bits per heavy atom. The zero-order valence-electron chi connectivity index (χ0n) is 13.2. The molecular weight excluding hydrogens is 250 g/mol. The molecule has 0 aliphatic rings. The fourth-order valence-corrected chi connectivity index (χ4v) is 2.15. The van der Waals surface area contributed by atoms with Crippen LogP contribution in [0.1, 0.15) is 33.3 Å². The number of nitrogens with one attached hydrogen (secondary N) is 1. The van der Waals surface area contributed by atoms with E-state index in [9.17, 15) is 4.79 Å². The highest BCUT2D eigenvalue weighted by atomic mass is 16.2. The van der Waals surface area contributed by atoms with Crippen LogP contribution in [-0.2, 0) is 4.79 Å². The van der Waals surface area contributed by atoms with Gasteiger partial charge in [-0.15, -0.1) is 0 Å². The molecule has 112 valence electrons. The maximum Gasteiger partial charge on any atom is 0.238 e. The van der Waals surface area contributed by atoms with Gasteiger partial charge in [-0.2, -0.15) is 0 Å². The Kier molecular flexibility index (Phi) is 6.02. The van der Waals surface area contributed by atoms with Crippen molar-refractivity contribution < 1.29 is 4.79 Å². The van der Waals surface area contributed by atoms with Gasteiger partial charge < -0.3 is 11.1 Å². The van der Waals surface area contributed by atoms with Crippen molar-refractivity contribution in [3.05, 3.63) is 23.8 Å². The van der Waals surface area contributed by atoms with E-state index in [1.54, 1.807) is 6.07 Å². The van der Waals surface area contributed by atoms with Gasteiger partial charge in [0.1, 0.15) is 0 Å². The van der Waals surface area contributed by atoms with Crippen LogP contribution in [0.3, 0.4) is 0 Å². The molecule has 0 spiro atoms. The molecule has 1 rings (SSSR count). The van der Waals surface area contributed by atoms with Crippen molar-refractivity contribution in [2.45, 2.75) is 40.7 Å². The van der Waals surface area contributed by atoms with E-state index in [0.717, 1.165) is 17.8 Å². The summed E-state index contributed by atoms with van der Waals surface area (Å²) in [4.78, 5) is 14.4. The van der Waals surface area contributed by atoms with Crippen LogP contribution < -0.4 is 11.1 Å². The first-order valence-electron chi connectivity index (χ1n) is 7.20. The summed E-state index contributed by atoms with van der Waals surface area (Å²) in [6, 6.07) is 5.98. The van der Waals surface area contributed by atoms with Crippen LogP contribution in [0.4, 0.5) is 11.4 Å². The molecule has 1 amide bonds. The van der Waals surface area contributed by atoms with Gasteiger partial charge in [-0.1, -0.05) is 26.0 Å². The molecule has 0 aromatic heterocycles. The molecule has 1 aromatic rings. The average molecular weight is 277 g/mol. The number of hydrogen-bond donors (Lipinski definition) is 2. The predicted molar refractivity (Wildman–Crippen MR) is 85.8 cm³/mol. The normalized spacial score (nSPS) is 11.4. The Labute approximate surface area is 122 Å². The summed E-state index contributed by atoms with van der Waals surface area (Å²) in [5.74, 6) is 0.522. The fourth-order valence-electron chi connectivity index (χ4n) is 2.15. The number of carbonyl (C=O) groups excluding carboxylic acids is 1. The Bertz CT molecular complexity index is 435. The van der Waals surface area contributed by atoms with Crippen molar-refractivity contribution in [2.75, 3.05) is 24.1 Å². The number of para-hydroxylation sites is 1. The van der Waals surface area contributed by atoms with Crippen molar-refractivity contribution in [3.63, 3.8) is 0 Å². The minimum Gasteiger partial charge on any atom is -0.397 e. The first-order valence-corrected chi connectivity index (χ1v) is 7.20. The molecule has 0 saturated carbocycles. The third-order valence-corrected chi connectivity index (χ3v) is 3.25. The molecule has 0 radical (unpaired) electrons. The summed E-state index contributed by atoms with van der Waals surface area (Å²) in [7, 11) is 0. The van der Waals surface area contributed by atoms with Crippen LogP contribution in [-0.4, -0.2) is 29.9 Å². The molecule has 4 heteroatoms. The number of aryl methyl sites for hydroxylation is 1. The van der Waals surface area contributed by atoms with E-state index in [-0.39, 0.29) is 5.91 Å². The molecular formula is C16H27N3O. The second-order valence-corrected chi connectivity index (χ2v) is 6.00. The highest BCUT2D eigenvalue weighted by Crippen LogP contribution is 2.22. The first kappa shape index (κ1) is 16.5. The topological polar surface area (TPSA) is 58.4 Å². The van der Waals surface area contributed by atoms with Gasteiger partial charge in [0.25, 0.3) is 0 Å². The van der Waals surface area contributed by atoms with Crippen LogP contribution in [0.2, 0.25) is 0 Å². The number of benzene rings is 1. The molecule has 4 nitrogen and oxygen atoms in total. The second kappa shape index (κ2) is 7.29. The van der Waals surface area contributed by atoms with Gasteiger partial charge in [0.2, 0.25) is 5.91 Å². The molecule has 0 unspecified atom stereocenters. The number of rotatable bonds is 6. The van der Waals surface area contributed by atoms with Crippen LogP contribution in [0.25, 0.3) is 0 Å². The van der Waals surface area contributed by atoms with Crippen molar-refractivity contribution in [1.82, 2.24) is 4.90 Å². The zero-order chi connectivity index (χ0) is 15.3. The summed E-state index contributed by atoms with van der Waals surface area (Å²) < 4.78 is 0. The molecule has 1 aromatic carbocycles. The number of anilines is 2. The molecule has 3 N–H and O–H groups in total. The average Bonchev–Trinajstić information content (AvgIpc) is 2.32. The number of carbonyl (C=O) groups is 1.